The van der Waals surface area contributed by atoms with Crippen LogP contribution in [0.15, 0.2) is 91.0 Å². The zero-order valence-electron chi connectivity index (χ0n) is 15.7. The first-order valence-electron chi connectivity index (χ1n) is 10.0. The maximum Gasteiger partial charge on any atom is 0.0243 e. The van der Waals surface area contributed by atoms with E-state index >= 15 is 0 Å². The summed E-state index contributed by atoms with van der Waals surface area (Å²) >= 11 is 0. The van der Waals surface area contributed by atoms with Crippen LogP contribution >= 0.6 is 0 Å². The molecule has 0 radical (unpaired) electrons. The Balaban J connectivity index is 1.41. The minimum Gasteiger partial charge on any atom is -0.311 e. The average Bonchev–Trinajstić information content (AvgIpc) is 2.76. The van der Waals surface area contributed by atoms with Gasteiger partial charge in [-0.2, -0.15) is 0 Å². The summed E-state index contributed by atoms with van der Waals surface area (Å²) in [6.45, 7) is 1.96. The number of hydrogen-bond acceptors (Lipinski definition) is 2. The Bertz CT molecular complexity index is 754. The van der Waals surface area contributed by atoms with Crippen LogP contribution in [0.25, 0.3) is 0 Å². The molecule has 2 heteroatoms. The van der Waals surface area contributed by atoms with E-state index < -0.39 is 0 Å². The van der Waals surface area contributed by atoms with Gasteiger partial charge in [-0.1, -0.05) is 91.0 Å². The van der Waals surface area contributed by atoms with E-state index in [0.717, 1.165) is 13.1 Å². The highest BCUT2D eigenvalue weighted by Gasteiger charge is 2.29. The van der Waals surface area contributed by atoms with Crippen molar-refractivity contribution in [3.05, 3.63) is 108 Å². The smallest absolute Gasteiger partial charge is 0.0243 e. The Hall–Kier alpha value is -2.42. The van der Waals surface area contributed by atoms with E-state index in [2.05, 4.69) is 102 Å². The quantitative estimate of drug-likeness (QED) is 0.667. The van der Waals surface area contributed by atoms with Crippen molar-refractivity contribution < 1.29 is 0 Å². The molecule has 0 aliphatic carbocycles. The SMILES string of the molecule is c1ccc(CN[C@@H]2CC[C@H](C(c3ccccc3)c3ccccc3)NC2)cc1. The minimum atomic E-state index is 0.405. The van der Waals surface area contributed by atoms with Crippen LogP contribution in [0, 0.1) is 0 Å². The Morgan fingerprint density at radius 3 is 1.81 bits per heavy atom. The first kappa shape index (κ1) is 18.0. The van der Waals surface area contributed by atoms with Gasteiger partial charge in [-0.05, 0) is 29.5 Å². The highest BCUT2D eigenvalue weighted by Crippen LogP contribution is 2.31. The third kappa shape index (κ3) is 4.65. The molecule has 0 unspecified atom stereocenters. The molecule has 2 N–H and O–H groups in total. The van der Waals surface area contributed by atoms with Crippen LogP contribution in [-0.2, 0) is 6.54 Å². The van der Waals surface area contributed by atoms with Crippen LogP contribution in [-0.4, -0.2) is 18.6 Å². The lowest BCUT2D eigenvalue weighted by Crippen LogP contribution is -2.49. The van der Waals surface area contributed by atoms with Crippen molar-refractivity contribution in [1.29, 1.82) is 0 Å². The van der Waals surface area contributed by atoms with Gasteiger partial charge in [-0.25, -0.2) is 0 Å². The van der Waals surface area contributed by atoms with Gasteiger partial charge in [0.05, 0.1) is 0 Å². The van der Waals surface area contributed by atoms with E-state index in [1.807, 2.05) is 0 Å². The van der Waals surface area contributed by atoms with Crippen LogP contribution in [0.2, 0.25) is 0 Å². The molecule has 3 aromatic carbocycles. The molecular formula is C25H28N2. The number of piperidine rings is 1. The van der Waals surface area contributed by atoms with Gasteiger partial charge in [0.1, 0.15) is 0 Å². The lowest BCUT2D eigenvalue weighted by molar-refractivity contribution is 0.307. The van der Waals surface area contributed by atoms with Gasteiger partial charge < -0.3 is 10.6 Å². The number of hydrogen-bond donors (Lipinski definition) is 2. The fourth-order valence-electron chi connectivity index (χ4n) is 4.17. The monoisotopic (exact) mass is 356 g/mol. The molecule has 1 fully saturated rings. The summed E-state index contributed by atoms with van der Waals surface area (Å²) in [4.78, 5) is 0. The van der Waals surface area contributed by atoms with Crippen molar-refractivity contribution in [3.8, 4) is 0 Å². The van der Waals surface area contributed by atoms with Crippen LogP contribution in [0.4, 0.5) is 0 Å². The molecule has 2 nitrogen and oxygen atoms in total. The molecule has 1 heterocycles. The molecule has 27 heavy (non-hydrogen) atoms. The van der Waals surface area contributed by atoms with E-state index in [1.54, 1.807) is 0 Å². The largest absolute Gasteiger partial charge is 0.311 e. The summed E-state index contributed by atoms with van der Waals surface area (Å²) in [5.74, 6) is 0.405. The van der Waals surface area contributed by atoms with Crippen LogP contribution in [0.3, 0.4) is 0 Å². The molecule has 4 rings (SSSR count). The maximum absolute atomic E-state index is 3.84. The van der Waals surface area contributed by atoms with Gasteiger partial charge >= 0.3 is 0 Å². The van der Waals surface area contributed by atoms with Crippen LogP contribution < -0.4 is 10.6 Å². The molecular weight excluding hydrogens is 328 g/mol. The summed E-state index contributed by atoms with van der Waals surface area (Å²) in [5, 5.41) is 7.55. The summed E-state index contributed by atoms with van der Waals surface area (Å²) in [6, 6.07) is 33.5. The molecule has 0 amide bonds. The third-order valence-electron chi connectivity index (χ3n) is 5.61. The summed E-state index contributed by atoms with van der Waals surface area (Å²) in [7, 11) is 0. The predicted octanol–water partition coefficient (Wildman–Crippen LogP) is 4.73. The van der Waals surface area contributed by atoms with E-state index in [9.17, 15) is 0 Å². The molecule has 138 valence electrons. The lowest BCUT2D eigenvalue weighted by Gasteiger charge is -2.36. The van der Waals surface area contributed by atoms with E-state index in [0.29, 0.717) is 18.0 Å². The average molecular weight is 357 g/mol. The molecule has 2 atom stereocenters. The topological polar surface area (TPSA) is 24.1 Å². The fraction of sp³-hybridized carbons (Fsp3) is 0.280. The van der Waals surface area contributed by atoms with Crippen molar-refractivity contribution in [3.63, 3.8) is 0 Å². The molecule has 0 aromatic heterocycles. The molecule has 1 aliphatic rings. The van der Waals surface area contributed by atoms with Gasteiger partial charge in [0.15, 0.2) is 0 Å². The van der Waals surface area contributed by atoms with E-state index in [1.165, 1.54) is 29.5 Å². The van der Waals surface area contributed by atoms with Crippen molar-refractivity contribution in [1.82, 2.24) is 10.6 Å². The molecule has 0 spiro atoms. The van der Waals surface area contributed by atoms with Gasteiger partial charge in [0, 0.05) is 31.1 Å². The molecule has 1 saturated heterocycles. The zero-order valence-corrected chi connectivity index (χ0v) is 15.7. The first-order valence-corrected chi connectivity index (χ1v) is 10.0. The van der Waals surface area contributed by atoms with Gasteiger partial charge in [-0.15, -0.1) is 0 Å². The second-order valence-electron chi connectivity index (χ2n) is 7.45. The maximum atomic E-state index is 3.84. The normalized spacial score (nSPS) is 19.9. The summed E-state index contributed by atoms with van der Waals surface area (Å²) in [6.07, 6.45) is 2.39. The number of nitrogens with one attached hydrogen (secondary N) is 2. The Morgan fingerprint density at radius 1 is 0.741 bits per heavy atom. The van der Waals surface area contributed by atoms with Crippen molar-refractivity contribution in [2.75, 3.05) is 6.54 Å². The van der Waals surface area contributed by atoms with Gasteiger partial charge in [0.2, 0.25) is 0 Å². The summed E-state index contributed by atoms with van der Waals surface area (Å²) < 4.78 is 0. The van der Waals surface area contributed by atoms with Crippen LogP contribution in [0.5, 0.6) is 0 Å². The number of benzene rings is 3. The Morgan fingerprint density at radius 2 is 1.30 bits per heavy atom. The molecule has 0 saturated carbocycles. The second kappa shape index (κ2) is 8.98. The van der Waals surface area contributed by atoms with Crippen molar-refractivity contribution >= 4 is 0 Å². The second-order valence-corrected chi connectivity index (χ2v) is 7.45. The zero-order chi connectivity index (χ0) is 18.3. The van der Waals surface area contributed by atoms with Crippen molar-refractivity contribution in [2.24, 2.45) is 0 Å². The lowest BCUT2D eigenvalue weighted by atomic mass is 9.81. The first-order chi connectivity index (χ1) is 13.4. The van der Waals surface area contributed by atoms with Crippen LogP contribution in [0.1, 0.15) is 35.4 Å². The summed E-state index contributed by atoms with van der Waals surface area (Å²) in [5.41, 5.74) is 4.15. The standard InChI is InChI=1S/C25H28N2/c1-4-10-20(11-5-1)18-26-23-16-17-24(27-19-23)25(21-12-6-2-7-13-21)22-14-8-3-9-15-22/h1-15,23-27H,16-19H2/t23-,24-/m1/s1. The number of rotatable bonds is 6. The van der Waals surface area contributed by atoms with E-state index in [4.69, 9.17) is 0 Å². The molecule has 3 aromatic rings. The minimum absolute atomic E-state index is 0.405. The fourth-order valence-corrected chi connectivity index (χ4v) is 4.17. The van der Waals surface area contributed by atoms with E-state index in [-0.39, 0.29) is 0 Å². The predicted molar refractivity (Wildman–Crippen MR) is 113 cm³/mol. The highest BCUT2D eigenvalue weighted by atomic mass is 15.0. The van der Waals surface area contributed by atoms with Crippen molar-refractivity contribution in [2.45, 2.75) is 37.4 Å². The highest BCUT2D eigenvalue weighted by molar-refractivity contribution is 5.34. The van der Waals surface area contributed by atoms with Gasteiger partial charge in [-0.3, -0.25) is 0 Å². The Kier molecular flexibility index (Phi) is 5.98. The third-order valence-corrected chi connectivity index (χ3v) is 5.61. The Labute approximate surface area is 162 Å². The molecule has 1 aliphatic heterocycles. The van der Waals surface area contributed by atoms with Gasteiger partial charge in [0.25, 0.3) is 0 Å². The molecule has 0 bridgehead atoms.